The summed E-state index contributed by atoms with van der Waals surface area (Å²) in [7, 11) is 3.23. The van der Waals surface area contributed by atoms with E-state index in [1.54, 1.807) is 14.2 Å². The van der Waals surface area contributed by atoms with E-state index in [4.69, 9.17) is 26.8 Å². The second-order valence-electron chi connectivity index (χ2n) is 5.76. The molecule has 0 spiro atoms. The lowest BCUT2D eigenvalue weighted by molar-refractivity contribution is 0.115. The minimum atomic E-state index is 0. The van der Waals surface area contributed by atoms with Crippen molar-refractivity contribution >= 4 is 24.0 Å². The van der Waals surface area contributed by atoms with Crippen LogP contribution in [0.25, 0.3) is 0 Å². The highest BCUT2D eigenvalue weighted by Crippen LogP contribution is 2.38. The summed E-state index contributed by atoms with van der Waals surface area (Å²) in [6.45, 7) is 4.85. The number of benzene rings is 1. The Morgan fingerprint density at radius 1 is 1.32 bits per heavy atom. The van der Waals surface area contributed by atoms with E-state index in [0.29, 0.717) is 29.1 Å². The standard InChI is InChI=1S/C16H25ClN2O2.ClH/c1-11-6-7-19(13(8-11)9-18)10-12-4-5-14(20-2)16(21-3)15(12)17;/h4-5,11,13H,6-10,18H2,1-3H3;1H. The molecule has 2 unspecified atom stereocenters. The van der Waals surface area contributed by atoms with Gasteiger partial charge in [-0.1, -0.05) is 24.6 Å². The zero-order chi connectivity index (χ0) is 15.4. The van der Waals surface area contributed by atoms with E-state index in [-0.39, 0.29) is 12.4 Å². The average Bonchev–Trinajstić information content (AvgIpc) is 2.50. The van der Waals surface area contributed by atoms with Crippen molar-refractivity contribution in [3.63, 3.8) is 0 Å². The van der Waals surface area contributed by atoms with Gasteiger partial charge in [0.2, 0.25) is 0 Å². The lowest BCUT2D eigenvalue weighted by Crippen LogP contribution is -2.45. The topological polar surface area (TPSA) is 47.7 Å². The van der Waals surface area contributed by atoms with E-state index in [9.17, 15) is 0 Å². The Balaban J connectivity index is 0.00000242. The summed E-state index contributed by atoms with van der Waals surface area (Å²) in [6, 6.07) is 4.34. The molecule has 2 rings (SSSR count). The van der Waals surface area contributed by atoms with E-state index >= 15 is 0 Å². The molecular weight excluding hydrogens is 323 g/mol. The fourth-order valence-electron chi connectivity index (χ4n) is 3.02. The summed E-state index contributed by atoms with van der Waals surface area (Å²) in [5.41, 5.74) is 6.99. The van der Waals surface area contributed by atoms with Gasteiger partial charge in [0.15, 0.2) is 11.5 Å². The quantitative estimate of drug-likeness (QED) is 0.886. The molecule has 2 N–H and O–H groups in total. The number of ether oxygens (including phenoxy) is 2. The lowest BCUT2D eigenvalue weighted by Gasteiger charge is -2.38. The van der Waals surface area contributed by atoms with Crippen molar-refractivity contribution in [1.29, 1.82) is 0 Å². The summed E-state index contributed by atoms with van der Waals surface area (Å²) in [5.74, 6) is 2.01. The molecule has 1 saturated heterocycles. The van der Waals surface area contributed by atoms with Crippen LogP contribution in [0.4, 0.5) is 0 Å². The highest BCUT2D eigenvalue weighted by molar-refractivity contribution is 6.33. The second-order valence-corrected chi connectivity index (χ2v) is 6.14. The molecule has 1 aliphatic rings. The van der Waals surface area contributed by atoms with Gasteiger partial charge in [0.25, 0.3) is 0 Å². The highest BCUT2D eigenvalue weighted by atomic mass is 35.5. The number of nitrogens with two attached hydrogens (primary N) is 1. The maximum Gasteiger partial charge on any atom is 0.179 e. The lowest BCUT2D eigenvalue weighted by atomic mass is 9.92. The Morgan fingerprint density at radius 3 is 2.64 bits per heavy atom. The van der Waals surface area contributed by atoms with E-state index in [1.807, 2.05) is 12.1 Å². The van der Waals surface area contributed by atoms with Gasteiger partial charge in [-0.15, -0.1) is 12.4 Å². The fourth-order valence-corrected chi connectivity index (χ4v) is 3.32. The Hall–Kier alpha value is -0.680. The molecule has 1 fully saturated rings. The monoisotopic (exact) mass is 348 g/mol. The number of rotatable bonds is 5. The summed E-state index contributed by atoms with van der Waals surface area (Å²) in [5, 5.41) is 0.631. The SMILES string of the molecule is COc1ccc(CN2CCC(C)CC2CN)c(Cl)c1OC.Cl. The normalized spacial score (nSPS) is 22.0. The van der Waals surface area contributed by atoms with Gasteiger partial charge in [-0.3, -0.25) is 4.90 Å². The van der Waals surface area contributed by atoms with Gasteiger partial charge < -0.3 is 15.2 Å². The number of piperidine rings is 1. The number of halogens is 2. The molecule has 1 aliphatic heterocycles. The van der Waals surface area contributed by atoms with Crippen LogP contribution in [0.5, 0.6) is 11.5 Å². The molecule has 4 nitrogen and oxygen atoms in total. The molecule has 0 bridgehead atoms. The molecule has 2 atom stereocenters. The first-order valence-electron chi connectivity index (χ1n) is 7.44. The third kappa shape index (κ3) is 4.19. The molecule has 0 amide bonds. The molecule has 0 saturated carbocycles. The molecular formula is C16H26Cl2N2O2. The maximum absolute atomic E-state index is 6.47. The zero-order valence-electron chi connectivity index (χ0n) is 13.5. The van der Waals surface area contributed by atoms with Gasteiger partial charge in [0.1, 0.15) is 0 Å². The third-order valence-corrected chi connectivity index (χ3v) is 4.72. The van der Waals surface area contributed by atoms with Crippen LogP contribution in [-0.2, 0) is 6.54 Å². The van der Waals surface area contributed by atoms with Crippen molar-refractivity contribution in [1.82, 2.24) is 4.90 Å². The van der Waals surface area contributed by atoms with Gasteiger partial charge in [0.05, 0.1) is 19.2 Å². The number of likely N-dealkylation sites (tertiary alicyclic amines) is 1. The van der Waals surface area contributed by atoms with Crippen LogP contribution in [0.15, 0.2) is 12.1 Å². The van der Waals surface area contributed by atoms with Crippen LogP contribution >= 0.6 is 24.0 Å². The van der Waals surface area contributed by atoms with Crippen LogP contribution < -0.4 is 15.2 Å². The van der Waals surface area contributed by atoms with E-state index in [2.05, 4.69) is 11.8 Å². The fraction of sp³-hybridized carbons (Fsp3) is 0.625. The van der Waals surface area contributed by atoms with E-state index in [1.165, 1.54) is 6.42 Å². The molecule has 0 radical (unpaired) electrons. The number of hydrogen-bond donors (Lipinski definition) is 1. The second kappa shape index (κ2) is 8.82. The first kappa shape index (κ1) is 19.4. The molecule has 0 aliphatic carbocycles. The molecule has 22 heavy (non-hydrogen) atoms. The van der Waals surface area contributed by atoms with Gasteiger partial charge in [0, 0.05) is 19.1 Å². The van der Waals surface area contributed by atoms with E-state index < -0.39 is 0 Å². The molecule has 1 heterocycles. The van der Waals surface area contributed by atoms with E-state index in [0.717, 1.165) is 31.0 Å². The summed E-state index contributed by atoms with van der Waals surface area (Å²) in [4.78, 5) is 2.42. The Labute approximate surface area is 144 Å². The van der Waals surface area contributed by atoms with Crippen molar-refractivity contribution in [3.8, 4) is 11.5 Å². The van der Waals surface area contributed by atoms with Crippen molar-refractivity contribution in [2.45, 2.75) is 32.4 Å². The number of hydrogen-bond acceptors (Lipinski definition) is 4. The summed E-state index contributed by atoms with van der Waals surface area (Å²) < 4.78 is 10.6. The summed E-state index contributed by atoms with van der Waals surface area (Å²) >= 11 is 6.47. The highest BCUT2D eigenvalue weighted by Gasteiger charge is 2.26. The van der Waals surface area contributed by atoms with Crippen LogP contribution in [0.3, 0.4) is 0 Å². The predicted octanol–water partition coefficient (Wildman–Crippen LogP) is 3.34. The van der Waals surface area contributed by atoms with Gasteiger partial charge in [-0.2, -0.15) is 0 Å². The largest absolute Gasteiger partial charge is 0.493 e. The first-order valence-corrected chi connectivity index (χ1v) is 7.82. The molecule has 0 aromatic heterocycles. The Kier molecular flexibility index (Phi) is 7.77. The molecule has 6 heteroatoms. The van der Waals surface area contributed by atoms with Crippen LogP contribution in [0.1, 0.15) is 25.3 Å². The molecule has 126 valence electrons. The Bertz CT molecular complexity index is 485. The molecule has 1 aromatic carbocycles. The Morgan fingerprint density at radius 2 is 2.05 bits per heavy atom. The number of nitrogens with zero attached hydrogens (tertiary/aromatic N) is 1. The minimum absolute atomic E-state index is 0. The van der Waals surface area contributed by atoms with Crippen molar-refractivity contribution < 1.29 is 9.47 Å². The van der Waals surface area contributed by atoms with Crippen LogP contribution in [0.2, 0.25) is 5.02 Å². The molecule has 1 aromatic rings. The minimum Gasteiger partial charge on any atom is -0.493 e. The van der Waals surface area contributed by atoms with Crippen molar-refractivity contribution in [2.24, 2.45) is 11.7 Å². The smallest absolute Gasteiger partial charge is 0.179 e. The third-order valence-electron chi connectivity index (χ3n) is 4.31. The maximum atomic E-state index is 6.47. The average molecular weight is 349 g/mol. The first-order chi connectivity index (χ1) is 10.1. The van der Waals surface area contributed by atoms with Gasteiger partial charge in [-0.05, 0) is 36.9 Å². The van der Waals surface area contributed by atoms with Gasteiger partial charge >= 0.3 is 0 Å². The van der Waals surface area contributed by atoms with Crippen LogP contribution in [0, 0.1) is 5.92 Å². The zero-order valence-corrected chi connectivity index (χ0v) is 15.0. The summed E-state index contributed by atoms with van der Waals surface area (Å²) in [6.07, 6.45) is 2.36. The van der Waals surface area contributed by atoms with Crippen molar-refractivity contribution in [2.75, 3.05) is 27.3 Å². The van der Waals surface area contributed by atoms with Crippen molar-refractivity contribution in [3.05, 3.63) is 22.7 Å². The van der Waals surface area contributed by atoms with Crippen LogP contribution in [-0.4, -0.2) is 38.3 Å². The predicted molar refractivity (Wildman–Crippen MR) is 93.5 cm³/mol. The number of methoxy groups -OCH3 is 2. The van der Waals surface area contributed by atoms with Gasteiger partial charge in [-0.25, -0.2) is 0 Å².